The van der Waals surface area contributed by atoms with Crippen molar-refractivity contribution in [2.75, 3.05) is 0 Å². The Labute approximate surface area is 75.6 Å². The van der Waals surface area contributed by atoms with Crippen LogP contribution in [0.3, 0.4) is 0 Å². The third-order valence-corrected chi connectivity index (χ3v) is 1.36. The van der Waals surface area contributed by atoms with Crippen molar-refractivity contribution in [3.8, 4) is 0 Å². The maximum Gasteiger partial charge on any atom is 0.307 e. The molecule has 0 radical (unpaired) electrons. The van der Waals surface area contributed by atoms with Crippen LogP contribution in [-0.2, 0) is 9.53 Å². The monoisotopic (exact) mass is 180 g/mol. The number of esters is 1. The summed E-state index contributed by atoms with van der Waals surface area (Å²) in [6, 6.07) is 5.87. The van der Waals surface area contributed by atoms with Crippen molar-refractivity contribution in [3.05, 3.63) is 41.9 Å². The molecule has 1 aromatic carbocycles. The van der Waals surface area contributed by atoms with E-state index >= 15 is 0 Å². The van der Waals surface area contributed by atoms with Crippen molar-refractivity contribution in [2.24, 2.45) is 0 Å². The molecule has 0 amide bonds. The molecule has 1 aromatic rings. The van der Waals surface area contributed by atoms with Gasteiger partial charge in [0.2, 0.25) is 0 Å². The van der Waals surface area contributed by atoms with Gasteiger partial charge in [0.1, 0.15) is 5.82 Å². The number of carbonyl (C=O) groups is 1. The minimum absolute atomic E-state index is 0.287. The molecule has 0 N–H and O–H groups in total. The van der Waals surface area contributed by atoms with E-state index in [1.165, 1.54) is 25.3 Å². The van der Waals surface area contributed by atoms with E-state index in [-0.39, 0.29) is 11.8 Å². The highest BCUT2D eigenvalue weighted by Gasteiger charge is 1.89. The summed E-state index contributed by atoms with van der Waals surface area (Å²) in [6.07, 6.45) is 2.86. The standard InChI is InChI=1S/C10H9FO2/c1-8(12)13-7-6-9-2-4-10(11)5-3-9/h2-7H,1H3/b7-6+. The van der Waals surface area contributed by atoms with Crippen LogP contribution in [0.4, 0.5) is 4.39 Å². The first-order chi connectivity index (χ1) is 6.18. The van der Waals surface area contributed by atoms with E-state index < -0.39 is 0 Å². The number of benzene rings is 1. The van der Waals surface area contributed by atoms with Gasteiger partial charge in [0, 0.05) is 6.92 Å². The van der Waals surface area contributed by atoms with Gasteiger partial charge < -0.3 is 4.74 Å². The summed E-state index contributed by atoms with van der Waals surface area (Å²) in [5.74, 6) is -0.664. The van der Waals surface area contributed by atoms with Crippen LogP contribution in [-0.4, -0.2) is 5.97 Å². The first-order valence-corrected chi connectivity index (χ1v) is 3.78. The smallest absolute Gasteiger partial charge is 0.307 e. The Morgan fingerprint density at radius 3 is 2.54 bits per heavy atom. The molecule has 13 heavy (non-hydrogen) atoms. The number of ether oxygens (including phenoxy) is 1. The minimum Gasteiger partial charge on any atom is -0.435 e. The van der Waals surface area contributed by atoms with Crippen LogP contribution in [0.25, 0.3) is 6.08 Å². The van der Waals surface area contributed by atoms with Crippen molar-refractivity contribution >= 4 is 12.0 Å². The number of halogens is 1. The second kappa shape index (κ2) is 4.40. The van der Waals surface area contributed by atoms with E-state index in [1.54, 1.807) is 18.2 Å². The molecule has 0 aromatic heterocycles. The zero-order valence-corrected chi connectivity index (χ0v) is 7.16. The Hall–Kier alpha value is -1.64. The fourth-order valence-corrected chi connectivity index (χ4v) is 0.782. The molecule has 0 saturated heterocycles. The normalized spacial score (nSPS) is 10.3. The molecule has 0 unspecified atom stereocenters. The van der Waals surface area contributed by atoms with Crippen molar-refractivity contribution < 1.29 is 13.9 Å². The summed E-state index contributed by atoms with van der Waals surface area (Å²) >= 11 is 0. The van der Waals surface area contributed by atoms with E-state index in [2.05, 4.69) is 4.74 Å². The molecule has 0 spiro atoms. The third kappa shape index (κ3) is 3.51. The topological polar surface area (TPSA) is 26.3 Å². The summed E-state index contributed by atoms with van der Waals surface area (Å²) in [7, 11) is 0. The Kier molecular flexibility index (Phi) is 3.20. The molecule has 68 valence electrons. The third-order valence-electron chi connectivity index (χ3n) is 1.36. The molecule has 0 aliphatic heterocycles. The van der Waals surface area contributed by atoms with Crippen LogP contribution in [0.5, 0.6) is 0 Å². The molecule has 0 atom stereocenters. The van der Waals surface area contributed by atoms with E-state index in [1.807, 2.05) is 0 Å². The average molecular weight is 180 g/mol. The van der Waals surface area contributed by atoms with Crippen LogP contribution in [0, 0.1) is 5.82 Å². The maximum absolute atomic E-state index is 12.4. The van der Waals surface area contributed by atoms with Gasteiger partial charge in [0.25, 0.3) is 0 Å². The lowest BCUT2D eigenvalue weighted by Gasteiger charge is -1.93. The van der Waals surface area contributed by atoms with Crippen LogP contribution in [0.1, 0.15) is 12.5 Å². The fourth-order valence-electron chi connectivity index (χ4n) is 0.782. The number of rotatable bonds is 2. The zero-order valence-electron chi connectivity index (χ0n) is 7.16. The van der Waals surface area contributed by atoms with Crippen molar-refractivity contribution in [3.63, 3.8) is 0 Å². The predicted molar refractivity (Wildman–Crippen MR) is 47.2 cm³/mol. The fraction of sp³-hybridized carbons (Fsp3) is 0.100. The van der Waals surface area contributed by atoms with Gasteiger partial charge >= 0.3 is 5.97 Å². The first kappa shape index (κ1) is 9.45. The second-order valence-corrected chi connectivity index (χ2v) is 2.46. The molecular formula is C10H9FO2. The Bertz CT molecular complexity index is 314. The predicted octanol–water partition coefficient (Wildman–Crippen LogP) is 2.36. The molecule has 1 rings (SSSR count). The first-order valence-electron chi connectivity index (χ1n) is 3.78. The van der Waals surface area contributed by atoms with Crippen LogP contribution < -0.4 is 0 Å². The molecule has 0 heterocycles. The van der Waals surface area contributed by atoms with Gasteiger partial charge in [-0.2, -0.15) is 0 Å². The second-order valence-electron chi connectivity index (χ2n) is 2.46. The molecule has 0 bridgehead atoms. The maximum atomic E-state index is 12.4. The summed E-state index contributed by atoms with van der Waals surface area (Å²) < 4.78 is 17.0. The van der Waals surface area contributed by atoms with Gasteiger partial charge in [0.05, 0.1) is 6.26 Å². The Balaban J connectivity index is 2.59. The highest BCUT2D eigenvalue weighted by molar-refractivity contribution is 5.67. The van der Waals surface area contributed by atoms with Gasteiger partial charge in [-0.1, -0.05) is 12.1 Å². The number of carbonyl (C=O) groups excluding carboxylic acids is 1. The van der Waals surface area contributed by atoms with Crippen LogP contribution >= 0.6 is 0 Å². The lowest BCUT2D eigenvalue weighted by atomic mass is 10.2. The summed E-state index contributed by atoms with van der Waals surface area (Å²) in [6.45, 7) is 1.31. The number of hydrogen-bond donors (Lipinski definition) is 0. The zero-order chi connectivity index (χ0) is 9.68. The highest BCUT2D eigenvalue weighted by Crippen LogP contribution is 2.04. The van der Waals surface area contributed by atoms with Crippen LogP contribution in [0.2, 0.25) is 0 Å². The lowest BCUT2D eigenvalue weighted by molar-refractivity contribution is -0.135. The molecule has 0 fully saturated rings. The van der Waals surface area contributed by atoms with E-state index in [4.69, 9.17) is 0 Å². The molecular weight excluding hydrogens is 171 g/mol. The van der Waals surface area contributed by atoms with E-state index in [0.717, 1.165) is 5.56 Å². The minimum atomic E-state index is -0.377. The molecule has 0 saturated carbocycles. The Morgan fingerprint density at radius 1 is 1.38 bits per heavy atom. The molecule has 2 nitrogen and oxygen atoms in total. The quantitative estimate of drug-likeness (QED) is 0.516. The van der Waals surface area contributed by atoms with E-state index in [0.29, 0.717) is 0 Å². The van der Waals surface area contributed by atoms with Crippen molar-refractivity contribution in [1.29, 1.82) is 0 Å². The van der Waals surface area contributed by atoms with Gasteiger partial charge in [-0.25, -0.2) is 4.39 Å². The van der Waals surface area contributed by atoms with Gasteiger partial charge in [-0.3, -0.25) is 4.79 Å². The highest BCUT2D eigenvalue weighted by atomic mass is 19.1. The summed E-state index contributed by atoms with van der Waals surface area (Å²) in [4.78, 5) is 10.4. The van der Waals surface area contributed by atoms with Crippen molar-refractivity contribution in [2.45, 2.75) is 6.92 Å². The number of hydrogen-bond acceptors (Lipinski definition) is 2. The van der Waals surface area contributed by atoms with Gasteiger partial charge in [0.15, 0.2) is 0 Å². The van der Waals surface area contributed by atoms with Crippen molar-refractivity contribution in [1.82, 2.24) is 0 Å². The molecule has 0 aliphatic carbocycles. The van der Waals surface area contributed by atoms with E-state index in [9.17, 15) is 9.18 Å². The van der Waals surface area contributed by atoms with Gasteiger partial charge in [-0.05, 0) is 23.8 Å². The summed E-state index contributed by atoms with van der Waals surface area (Å²) in [5, 5.41) is 0. The lowest BCUT2D eigenvalue weighted by Crippen LogP contribution is -1.89. The summed E-state index contributed by atoms with van der Waals surface area (Å²) in [5.41, 5.74) is 0.780. The van der Waals surface area contributed by atoms with Gasteiger partial charge in [-0.15, -0.1) is 0 Å². The average Bonchev–Trinajstić information content (AvgIpc) is 2.08. The molecule has 3 heteroatoms. The Morgan fingerprint density at radius 2 is 2.00 bits per heavy atom. The SMILES string of the molecule is CC(=O)O/C=C/c1ccc(F)cc1. The largest absolute Gasteiger partial charge is 0.435 e. The van der Waals surface area contributed by atoms with Crippen LogP contribution in [0.15, 0.2) is 30.5 Å². The molecule has 0 aliphatic rings.